The van der Waals surface area contributed by atoms with E-state index in [2.05, 4.69) is 18.2 Å². The highest BCUT2D eigenvalue weighted by atomic mass is 16.2. The number of carbonyl (C=O) groups is 1. The van der Waals surface area contributed by atoms with Gasteiger partial charge in [-0.05, 0) is 31.6 Å². The predicted molar refractivity (Wildman–Crippen MR) is 81.0 cm³/mol. The summed E-state index contributed by atoms with van der Waals surface area (Å²) in [7, 11) is 0. The second-order valence-electron chi connectivity index (χ2n) is 7.05. The van der Waals surface area contributed by atoms with Crippen LogP contribution >= 0.6 is 0 Å². The summed E-state index contributed by atoms with van der Waals surface area (Å²) in [5.41, 5.74) is 7.20. The van der Waals surface area contributed by atoms with Crippen molar-refractivity contribution in [2.75, 3.05) is 0 Å². The van der Waals surface area contributed by atoms with Crippen LogP contribution in [-0.4, -0.2) is 28.9 Å². The van der Waals surface area contributed by atoms with Gasteiger partial charge >= 0.3 is 0 Å². The molecular weight excluding hydrogens is 262 g/mol. The van der Waals surface area contributed by atoms with Crippen LogP contribution in [0.2, 0.25) is 0 Å². The number of amides is 1. The molecule has 1 heterocycles. The zero-order valence-corrected chi connectivity index (χ0v) is 12.7. The molecule has 2 aliphatic carbocycles. The molecule has 0 radical (unpaired) electrons. The molecule has 2 fully saturated rings. The summed E-state index contributed by atoms with van der Waals surface area (Å²) in [5, 5.41) is 9.25. The van der Waals surface area contributed by atoms with Gasteiger partial charge in [0, 0.05) is 11.5 Å². The molecule has 0 aromatic rings. The molecule has 4 heteroatoms. The van der Waals surface area contributed by atoms with Crippen LogP contribution in [0.15, 0.2) is 23.8 Å². The van der Waals surface area contributed by atoms with Gasteiger partial charge in [-0.3, -0.25) is 4.79 Å². The molecule has 0 spiro atoms. The molecule has 4 atom stereocenters. The van der Waals surface area contributed by atoms with Crippen molar-refractivity contribution in [3.63, 3.8) is 0 Å². The summed E-state index contributed by atoms with van der Waals surface area (Å²) in [4.78, 5) is 14.6. The SMILES string of the molecule is CC(C)(C1=CC=CCC1)C(N)C(=O)N1[C@H](C#N)C[C@@H]2C[C@@H]21. The zero-order valence-electron chi connectivity index (χ0n) is 12.7. The summed E-state index contributed by atoms with van der Waals surface area (Å²) in [6, 6.07) is 1.68. The summed E-state index contributed by atoms with van der Waals surface area (Å²) in [5.74, 6) is 0.484. The molecule has 2 N–H and O–H groups in total. The number of nitrogens with two attached hydrogens (primary N) is 1. The first-order valence-electron chi connectivity index (χ1n) is 7.80. The van der Waals surface area contributed by atoms with E-state index in [1.165, 1.54) is 5.57 Å². The van der Waals surface area contributed by atoms with E-state index in [1.54, 1.807) is 4.90 Å². The molecule has 4 nitrogen and oxygen atoms in total. The van der Waals surface area contributed by atoms with Crippen LogP contribution < -0.4 is 5.73 Å². The van der Waals surface area contributed by atoms with E-state index in [0.717, 1.165) is 25.7 Å². The zero-order chi connectivity index (χ0) is 15.2. The number of nitriles is 1. The first-order chi connectivity index (χ1) is 9.96. The van der Waals surface area contributed by atoms with E-state index < -0.39 is 6.04 Å². The van der Waals surface area contributed by atoms with Crippen LogP contribution in [-0.2, 0) is 4.79 Å². The van der Waals surface area contributed by atoms with Crippen molar-refractivity contribution in [2.45, 2.75) is 57.7 Å². The molecule has 1 saturated carbocycles. The molecule has 1 aliphatic heterocycles. The summed E-state index contributed by atoms with van der Waals surface area (Å²) < 4.78 is 0. The second kappa shape index (κ2) is 4.99. The van der Waals surface area contributed by atoms with Gasteiger partial charge in [-0.1, -0.05) is 37.6 Å². The Bertz CT molecular complexity index is 555. The van der Waals surface area contributed by atoms with Gasteiger partial charge in [0.25, 0.3) is 0 Å². The van der Waals surface area contributed by atoms with Gasteiger partial charge in [-0.2, -0.15) is 5.26 Å². The van der Waals surface area contributed by atoms with Gasteiger partial charge < -0.3 is 10.6 Å². The van der Waals surface area contributed by atoms with Crippen LogP contribution in [0.5, 0.6) is 0 Å². The molecule has 0 aromatic carbocycles. The third-order valence-electron chi connectivity index (χ3n) is 5.39. The van der Waals surface area contributed by atoms with Crippen LogP contribution in [0.4, 0.5) is 0 Å². The Labute approximate surface area is 126 Å². The minimum Gasteiger partial charge on any atom is -0.322 e. The van der Waals surface area contributed by atoms with Crippen LogP contribution in [0.1, 0.15) is 39.5 Å². The molecule has 1 unspecified atom stereocenters. The lowest BCUT2D eigenvalue weighted by molar-refractivity contribution is -0.135. The quantitative estimate of drug-likeness (QED) is 0.863. The summed E-state index contributed by atoms with van der Waals surface area (Å²) >= 11 is 0. The second-order valence-corrected chi connectivity index (χ2v) is 7.05. The van der Waals surface area contributed by atoms with Crippen molar-refractivity contribution in [2.24, 2.45) is 17.1 Å². The van der Waals surface area contributed by atoms with Gasteiger partial charge in [0.05, 0.1) is 12.1 Å². The Hall–Kier alpha value is -1.60. The molecule has 3 rings (SSSR count). The highest BCUT2D eigenvalue weighted by Crippen LogP contribution is 2.48. The maximum atomic E-state index is 12.8. The Balaban J connectivity index is 1.79. The number of carbonyl (C=O) groups excluding carboxylic acids is 1. The van der Waals surface area contributed by atoms with Crippen LogP contribution in [0.25, 0.3) is 0 Å². The number of rotatable bonds is 3. The lowest BCUT2D eigenvalue weighted by Crippen LogP contribution is -2.54. The lowest BCUT2D eigenvalue weighted by Gasteiger charge is -2.37. The maximum absolute atomic E-state index is 12.8. The van der Waals surface area contributed by atoms with Gasteiger partial charge in [0.15, 0.2) is 0 Å². The fraction of sp³-hybridized carbons (Fsp3) is 0.647. The van der Waals surface area contributed by atoms with Crippen LogP contribution in [0, 0.1) is 22.7 Å². The fourth-order valence-electron chi connectivity index (χ4n) is 3.70. The lowest BCUT2D eigenvalue weighted by atomic mass is 9.74. The van der Waals surface area contributed by atoms with Gasteiger partial charge in [0.1, 0.15) is 6.04 Å². The van der Waals surface area contributed by atoms with Gasteiger partial charge in [-0.15, -0.1) is 0 Å². The van der Waals surface area contributed by atoms with Crippen LogP contribution in [0.3, 0.4) is 0 Å². The fourth-order valence-corrected chi connectivity index (χ4v) is 3.70. The van der Waals surface area contributed by atoms with Crippen molar-refractivity contribution in [1.82, 2.24) is 4.90 Å². The minimum absolute atomic E-state index is 0.0491. The van der Waals surface area contributed by atoms with E-state index in [4.69, 9.17) is 5.73 Å². The molecule has 0 aromatic heterocycles. The Morgan fingerprint density at radius 2 is 2.29 bits per heavy atom. The average molecular weight is 285 g/mol. The molecule has 3 aliphatic rings. The van der Waals surface area contributed by atoms with Crippen molar-refractivity contribution in [3.8, 4) is 6.07 Å². The van der Waals surface area contributed by atoms with E-state index >= 15 is 0 Å². The molecule has 21 heavy (non-hydrogen) atoms. The number of fused-ring (bicyclic) bond motifs is 1. The highest BCUT2D eigenvalue weighted by Gasteiger charge is 2.55. The van der Waals surface area contributed by atoms with Gasteiger partial charge in [-0.25, -0.2) is 0 Å². The normalized spacial score (nSPS) is 32.2. The number of piperidine rings is 1. The van der Waals surface area contributed by atoms with Gasteiger partial charge in [0.2, 0.25) is 5.91 Å². The molecule has 0 bridgehead atoms. The molecule has 112 valence electrons. The predicted octanol–water partition coefficient (Wildman–Crippen LogP) is 2.13. The maximum Gasteiger partial charge on any atom is 0.241 e. The standard InChI is InChI=1S/C17H23N3O/c1-17(2,12-6-4-3-5-7-12)15(19)16(21)20-13(10-18)8-11-9-14(11)20/h3-4,6,11,13-15H,5,7-9,19H2,1-2H3/t11-,13+,14+,15?/m1/s1. The van der Waals surface area contributed by atoms with E-state index in [1.807, 2.05) is 19.9 Å². The van der Waals surface area contributed by atoms with E-state index in [-0.39, 0.29) is 23.4 Å². The number of nitrogens with zero attached hydrogens (tertiary/aromatic N) is 2. The Morgan fingerprint density at radius 3 is 2.90 bits per heavy atom. The Kier molecular flexibility index (Phi) is 3.41. The number of hydrogen-bond acceptors (Lipinski definition) is 3. The highest BCUT2D eigenvalue weighted by molar-refractivity contribution is 5.85. The third kappa shape index (κ3) is 2.30. The molecule has 1 saturated heterocycles. The van der Waals surface area contributed by atoms with Crippen molar-refractivity contribution in [3.05, 3.63) is 23.8 Å². The van der Waals surface area contributed by atoms with Crippen molar-refractivity contribution in [1.29, 1.82) is 5.26 Å². The smallest absolute Gasteiger partial charge is 0.241 e. The third-order valence-corrected chi connectivity index (χ3v) is 5.39. The topological polar surface area (TPSA) is 70.1 Å². The monoisotopic (exact) mass is 285 g/mol. The first-order valence-corrected chi connectivity index (χ1v) is 7.80. The van der Waals surface area contributed by atoms with E-state index in [9.17, 15) is 10.1 Å². The Morgan fingerprint density at radius 1 is 1.52 bits per heavy atom. The summed E-state index contributed by atoms with van der Waals surface area (Å²) in [6.07, 6.45) is 10.1. The number of likely N-dealkylation sites (tertiary alicyclic amines) is 1. The average Bonchev–Trinajstić information content (AvgIpc) is 3.17. The largest absolute Gasteiger partial charge is 0.322 e. The first kappa shape index (κ1) is 14.3. The van der Waals surface area contributed by atoms with Crippen molar-refractivity contribution >= 4 is 5.91 Å². The molecule has 1 amide bonds. The summed E-state index contributed by atoms with van der Waals surface area (Å²) in [6.45, 7) is 4.09. The molecular formula is C17H23N3O. The number of allylic oxidation sites excluding steroid dienone is 3. The van der Waals surface area contributed by atoms with E-state index in [0.29, 0.717) is 5.92 Å². The van der Waals surface area contributed by atoms with Crippen molar-refractivity contribution < 1.29 is 4.79 Å². The number of hydrogen-bond donors (Lipinski definition) is 1. The minimum atomic E-state index is -0.578.